The number of hydrogen-bond acceptors (Lipinski definition) is 8. The first-order chi connectivity index (χ1) is 8.80. The van der Waals surface area contributed by atoms with Gasteiger partial charge in [0, 0.05) is 6.42 Å². The van der Waals surface area contributed by atoms with Crippen molar-refractivity contribution in [3.8, 4) is 0 Å². The molecule has 0 aromatic carbocycles. The summed E-state index contributed by atoms with van der Waals surface area (Å²) < 4.78 is 4.26. The van der Waals surface area contributed by atoms with Crippen molar-refractivity contribution in [1.82, 2.24) is 0 Å². The Morgan fingerprint density at radius 2 is 1.63 bits per heavy atom. The molecule has 0 aliphatic rings. The normalized spacial score (nSPS) is 10.8. The van der Waals surface area contributed by atoms with Gasteiger partial charge in [-0.25, -0.2) is 0 Å². The van der Waals surface area contributed by atoms with Gasteiger partial charge in [0.05, 0.1) is 36.2 Å². The fourth-order valence-corrected chi connectivity index (χ4v) is 1.38. The third kappa shape index (κ3) is 4.58. The Hall–Kier alpha value is -2.10. The lowest BCUT2D eigenvalue weighted by Gasteiger charge is -2.16. The lowest BCUT2D eigenvalue weighted by Crippen LogP contribution is -2.47. The number of rotatable bonds is 9. The van der Waals surface area contributed by atoms with Crippen LogP contribution < -0.4 is 0 Å². The van der Waals surface area contributed by atoms with Gasteiger partial charge in [0.2, 0.25) is 0 Å². The van der Waals surface area contributed by atoms with Crippen molar-refractivity contribution in [2.75, 3.05) is 13.7 Å². The molecule has 1 N–H and O–H groups in total. The van der Waals surface area contributed by atoms with Gasteiger partial charge in [-0.1, -0.05) is 0 Å². The van der Waals surface area contributed by atoms with E-state index in [0.29, 0.717) is 0 Å². The van der Waals surface area contributed by atoms with Gasteiger partial charge in [0.25, 0.3) is 0 Å². The molecule has 0 aromatic heterocycles. The standard InChI is InChI=1S/C9H14N2O8/c1-19-8(14)3-5-9(10(15)16,11(17)18)4-2-7(13)6-12/h12H,2-6H2,1H3. The largest absolute Gasteiger partial charge is 0.469 e. The molecule has 10 heteroatoms. The second-order valence-electron chi connectivity index (χ2n) is 3.77. The lowest BCUT2D eigenvalue weighted by molar-refractivity contribution is -0.798. The van der Waals surface area contributed by atoms with Gasteiger partial charge < -0.3 is 9.84 Å². The molecule has 0 aliphatic carbocycles. The van der Waals surface area contributed by atoms with Crippen LogP contribution in [-0.4, -0.2) is 46.1 Å². The predicted molar refractivity (Wildman–Crippen MR) is 59.3 cm³/mol. The van der Waals surface area contributed by atoms with Crippen LogP contribution in [0.3, 0.4) is 0 Å². The minimum Gasteiger partial charge on any atom is -0.469 e. The number of Topliss-reactive ketones (excluding diaryl/α,β-unsaturated/α-hetero) is 1. The Labute approximate surface area is 107 Å². The summed E-state index contributed by atoms with van der Waals surface area (Å²) in [5.74, 6) is -1.56. The maximum atomic E-state index is 10.9. The van der Waals surface area contributed by atoms with Gasteiger partial charge in [-0.15, -0.1) is 0 Å². The molecule has 0 spiro atoms. The molecule has 0 saturated carbocycles. The molecule has 10 nitrogen and oxygen atoms in total. The first-order valence-corrected chi connectivity index (χ1v) is 5.28. The highest BCUT2D eigenvalue weighted by Gasteiger charge is 2.55. The number of ketones is 1. The number of aliphatic hydroxyl groups is 1. The molecule has 0 fully saturated rings. The zero-order valence-corrected chi connectivity index (χ0v) is 10.2. The van der Waals surface area contributed by atoms with Crippen molar-refractivity contribution >= 4 is 11.8 Å². The average molecular weight is 278 g/mol. The summed E-state index contributed by atoms with van der Waals surface area (Å²) in [6, 6.07) is 0. The quantitative estimate of drug-likeness (QED) is 0.257. The Morgan fingerprint density at radius 1 is 1.16 bits per heavy atom. The summed E-state index contributed by atoms with van der Waals surface area (Å²) in [5.41, 5.74) is -2.63. The van der Waals surface area contributed by atoms with Gasteiger partial charge in [-0.2, -0.15) is 0 Å². The van der Waals surface area contributed by atoms with Gasteiger partial charge in [-0.3, -0.25) is 29.8 Å². The highest BCUT2D eigenvalue weighted by Crippen LogP contribution is 2.25. The first kappa shape index (κ1) is 16.9. The molecule has 108 valence electrons. The van der Waals surface area contributed by atoms with Crippen LogP contribution in [0.5, 0.6) is 0 Å². The van der Waals surface area contributed by atoms with E-state index in [1.165, 1.54) is 0 Å². The van der Waals surface area contributed by atoms with Crippen molar-refractivity contribution in [2.24, 2.45) is 0 Å². The van der Waals surface area contributed by atoms with Crippen LogP contribution in [0, 0.1) is 20.2 Å². The van der Waals surface area contributed by atoms with Crippen molar-refractivity contribution in [3.63, 3.8) is 0 Å². The van der Waals surface area contributed by atoms with Crippen LogP contribution in [0.2, 0.25) is 0 Å². The number of nitro groups is 2. The maximum absolute atomic E-state index is 10.9. The molecule has 0 rings (SSSR count). The number of nitrogens with zero attached hydrogens (tertiary/aromatic N) is 2. The number of carbonyl (C=O) groups is 2. The Morgan fingerprint density at radius 3 is 2.00 bits per heavy atom. The third-order valence-corrected chi connectivity index (χ3v) is 2.62. The second kappa shape index (κ2) is 7.36. The first-order valence-electron chi connectivity index (χ1n) is 5.28. The predicted octanol–water partition coefficient (Wildman–Crippen LogP) is -0.469. The van der Waals surface area contributed by atoms with Gasteiger partial charge >= 0.3 is 11.6 Å². The molecule has 0 heterocycles. The van der Waals surface area contributed by atoms with Crippen LogP contribution in [0.15, 0.2) is 0 Å². The summed E-state index contributed by atoms with van der Waals surface area (Å²) in [4.78, 5) is 41.4. The van der Waals surface area contributed by atoms with E-state index < -0.39 is 59.6 Å². The number of methoxy groups -OCH3 is 1. The third-order valence-electron chi connectivity index (χ3n) is 2.62. The van der Waals surface area contributed by atoms with E-state index in [4.69, 9.17) is 5.11 Å². The molecular weight excluding hydrogens is 264 g/mol. The summed E-state index contributed by atoms with van der Waals surface area (Å²) in [6.07, 6.45) is -2.40. The summed E-state index contributed by atoms with van der Waals surface area (Å²) in [6.45, 7) is -0.845. The Kier molecular flexibility index (Phi) is 6.55. The van der Waals surface area contributed by atoms with E-state index >= 15 is 0 Å². The number of carbonyl (C=O) groups excluding carboxylic acids is 2. The molecule has 0 unspecified atom stereocenters. The van der Waals surface area contributed by atoms with Crippen molar-refractivity contribution < 1.29 is 29.3 Å². The highest BCUT2D eigenvalue weighted by molar-refractivity contribution is 5.79. The van der Waals surface area contributed by atoms with Gasteiger partial charge in [0.1, 0.15) is 6.61 Å². The van der Waals surface area contributed by atoms with Crippen LogP contribution in [0.4, 0.5) is 0 Å². The van der Waals surface area contributed by atoms with Crippen LogP contribution >= 0.6 is 0 Å². The maximum Gasteiger partial charge on any atom is 0.459 e. The minimum atomic E-state index is -2.63. The van der Waals surface area contributed by atoms with E-state index in [9.17, 15) is 29.8 Å². The summed E-state index contributed by atoms with van der Waals surface area (Å²) in [7, 11) is 1.05. The van der Waals surface area contributed by atoms with Crippen LogP contribution in [0.1, 0.15) is 25.7 Å². The molecular formula is C9H14N2O8. The Balaban J connectivity index is 4.98. The zero-order chi connectivity index (χ0) is 15.1. The summed E-state index contributed by atoms with van der Waals surface area (Å²) >= 11 is 0. The van der Waals surface area contributed by atoms with Crippen molar-refractivity contribution in [2.45, 2.75) is 31.3 Å². The molecule has 0 aromatic rings. The zero-order valence-electron chi connectivity index (χ0n) is 10.2. The molecule has 0 aliphatic heterocycles. The SMILES string of the molecule is COC(=O)CCC(CCC(=O)CO)([N+](=O)[O-])[N+](=O)[O-]. The molecule has 0 radical (unpaired) electrons. The van der Waals surface area contributed by atoms with E-state index in [0.717, 1.165) is 7.11 Å². The van der Waals surface area contributed by atoms with Crippen molar-refractivity contribution in [1.29, 1.82) is 0 Å². The number of aliphatic hydroxyl groups excluding tert-OH is 1. The topological polar surface area (TPSA) is 150 Å². The van der Waals surface area contributed by atoms with Gasteiger partial charge in [0.15, 0.2) is 5.78 Å². The van der Waals surface area contributed by atoms with E-state index in [1.54, 1.807) is 0 Å². The molecule has 0 atom stereocenters. The molecule has 0 bridgehead atoms. The number of hydrogen-bond donors (Lipinski definition) is 1. The lowest BCUT2D eigenvalue weighted by atomic mass is 9.97. The van der Waals surface area contributed by atoms with E-state index in [1.807, 2.05) is 0 Å². The number of esters is 1. The average Bonchev–Trinajstić information content (AvgIpc) is 2.37. The molecule has 19 heavy (non-hydrogen) atoms. The fraction of sp³-hybridized carbons (Fsp3) is 0.778. The van der Waals surface area contributed by atoms with E-state index in [2.05, 4.69) is 4.74 Å². The molecule has 0 saturated heterocycles. The van der Waals surface area contributed by atoms with Gasteiger partial charge in [-0.05, 0) is 0 Å². The second-order valence-corrected chi connectivity index (χ2v) is 3.77. The summed E-state index contributed by atoms with van der Waals surface area (Å²) in [5, 5.41) is 30.3. The fourth-order valence-electron chi connectivity index (χ4n) is 1.38. The van der Waals surface area contributed by atoms with Crippen LogP contribution in [0.25, 0.3) is 0 Å². The highest BCUT2D eigenvalue weighted by atomic mass is 16.7. The van der Waals surface area contributed by atoms with E-state index in [-0.39, 0.29) is 0 Å². The molecule has 0 amide bonds. The Bertz CT molecular complexity index is 344. The van der Waals surface area contributed by atoms with Crippen LogP contribution in [-0.2, 0) is 14.3 Å². The minimum absolute atomic E-state index is 0.508. The number of ether oxygens (including phenoxy) is 1. The smallest absolute Gasteiger partial charge is 0.459 e. The van der Waals surface area contributed by atoms with Crippen molar-refractivity contribution in [3.05, 3.63) is 20.2 Å². The monoisotopic (exact) mass is 278 g/mol.